The average molecular weight is 642 g/mol. The van der Waals surface area contributed by atoms with Gasteiger partial charge in [0.15, 0.2) is 6.23 Å². The highest BCUT2D eigenvalue weighted by molar-refractivity contribution is 5.61. The monoisotopic (exact) mass is 641 g/mol. The fraction of sp³-hybridized carbons (Fsp3) is 0.914. The Labute approximate surface area is 272 Å². The molecule has 0 amide bonds. The standard InChI is InChI=1S/C35H63NO9/c1-11-19-34(8,9)44-33(39)43-30(36)26(7)25(6)29(42-31(37)40-27-17-13-14-18-27)24(5)23(4)28(22(2)3)41-32(38)45-35(10)20-15-12-16-21-35/h22-30H,11-21,36H2,1-10H3. The molecule has 0 aromatic carbocycles. The second-order valence-electron chi connectivity index (χ2n) is 14.9. The second-order valence-corrected chi connectivity index (χ2v) is 14.9. The summed E-state index contributed by atoms with van der Waals surface area (Å²) in [7, 11) is 0. The maximum Gasteiger partial charge on any atom is 0.510 e. The SMILES string of the molecule is CCCC(C)(C)OC(=O)OC(N)C(C)C(C)C(OC(=O)OC1CCCC1)C(C)C(C)C(OC(=O)OC1(C)CCCCC1)C(C)C. The van der Waals surface area contributed by atoms with Crippen LogP contribution in [0.1, 0.15) is 140 Å². The van der Waals surface area contributed by atoms with Gasteiger partial charge in [-0.1, -0.05) is 61.3 Å². The van der Waals surface area contributed by atoms with Gasteiger partial charge < -0.3 is 28.4 Å². The van der Waals surface area contributed by atoms with Crippen LogP contribution < -0.4 is 5.73 Å². The van der Waals surface area contributed by atoms with Gasteiger partial charge in [0.2, 0.25) is 0 Å². The van der Waals surface area contributed by atoms with Gasteiger partial charge in [-0.05, 0) is 96.3 Å². The third-order valence-electron chi connectivity index (χ3n) is 10.1. The van der Waals surface area contributed by atoms with Crippen LogP contribution in [0.5, 0.6) is 0 Å². The summed E-state index contributed by atoms with van der Waals surface area (Å²) in [5, 5.41) is 0. The predicted molar refractivity (Wildman–Crippen MR) is 172 cm³/mol. The molecule has 7 unspecified atom stereocenters. The highest BCUT2D eigenvalue weighted by Crippen LogP contribution is 2.36. The van der Waals surface area contributed by atoms with E-state index in [0.717, 1.165) is 64.2 Å². The zero-order chi connectivity index (χ0) is 33.9. The Morgan fingerprint density at radius 2 is 1.29 bits per heavy atom. The first-order valence-electron chi connectivity index (χ1n) is 17.4. The highest BCUT2D eigenvalue weighted by atomic mass is 16.7. The molecule has 2 aliphatic rings. The van der Waals surface area contributed by atoms with E-state index in [1.165, 1.54) is 0 Å². The Kier molecular flexibility index (Phi) is 15.3. The van der Waals surface area contributed by atoms with Crippen LogP contribution in [0.4, 0.5) is 14.4 Å². The zero-order valence-electron chi connectivity index (χ0n) is 29.7. The molecule has 2 N–H and O–H groups in total. The van der Waals surface area contributed by atoms with E-state index in [1.807, 2.05) is 69.2 Å². The van der Waals surface area contributed by atoms with E-state index in [2.05, 4.69) is 0 Å². The second kappa shape index (κ2) is 17.6. The Hall–Kier alpha value is -2.23. The van der Waals surface area contributed by atoms with Crippen molar-refractivity contribution in [1.29, 1.82) is 0 Å². The summed E-state index contributed by atoms with van der Waals surface area (Å²) in [6.45, 7) is 19.4. The van der Waals surface area contributed by atoms with Crippen LogP contribution in [0.25, 0.3) is 0 Å². The summed E-state index contributed by atoms with van der Waals surface area (Å²) in [4.78, 5) is 38.7. The van der Waals surface area contributed by atoms with Crippen molar-refractivity contribution in [2.24, 2.45) is 35.3 Å². The molecule has 0 spiro atoms. The number of carbonyl (C=O) groups is 3. The van der Waals surface area contributed by atoms with E-state index in [1.54, 1.807) is 0 Å². The molecule has 2 saturated carbocycles. The molecule has 0 saturated heterocycles. The van der Waals surface area contributed by atoms with E-state index in [-0.39, 0.29) is 29.8 Å². The largest absolute Gasteiger partial charge is 0.510 e. The predicted octanol–water partition coefficient (Wildman–Crippen LogP) is 8.91. The zero-order valence-corrected chi connectivity index (χ0v) is 29.7. The molecule has 0 aliphatic heterocycles. The maximum atomic E-state index is 13.1. The minimum absolute atomic E-state index is 0.0279. The van der Waals surface area contributed by atoms with Crippen LogP contribution in [0.2, 0.25) is 0 Å². The smallest absolute Gasteiger partial charge is 0.431 e. The van der Waals surface area contributed by atoms with E-state index >= 15 is 0 Å². The van der Waals surface area contributed by atoms with Gasteiger partial charge in [-0.2, -0.15) is 0 Å². The summed E-state index contributed by atoms with van der Waals surface area (Å²) in [6, 6.07) is 0. The number of ether oxygens (including phenoxy) is 6. The van der Waals surface area contributed by atoms with Crippen molar-refractivity contribution in [2.45, 2.75) is 176 Å². The fourth-order valence-corrected chi connectivity index (χ4v) is 6.88. The Morgan fingerprint density at radius 1 is 0.756 bits per heavy atom. The molecule has 2 rings (SSSR count). The van der Waals surface area contributed by atoms with Gasteiger partial charge in [-0.3, -0.25) is 5.73 Å². The van der Waals surface area contributed by atoms with E-state index in [9.17, 15) is 14.4 Å². The summed E-state index contributed by atoms with van der Waals surface area (Å²) in [5.74, 6) is -1.31. The highest BCUT2D eigenvalue weighted by Gasteiger charge is 2.42. The number of hydrogen-bond donors (Lipinski definition) is 1. The molecule has 10 nitrogen and oxygen atoms in total. The van der Waals surface area contributed by atoms with Crippen molar-refractivity contribution in [2.75, 3.05) is 0 Å². The third-order valence-corrected chi connectivity index (χ3v) is 10.1. The molecule has 0 radical (unpaired) electrons. The molecule has 7 atom stereocenters. The summed E-state index contributed by atoms with van der Waals surface area (Å²) in [5.41, 5.74) is 5.18. The van der Waals surface area contributed by atoms with E-state index < -0.39 is 54.0 Å². The molecule has 262 valence electrons. The lowest BCUT2D eigenvalue weighted by atomic mass is 9.75. The Bertz CT molecular complexity index is 926. The number of hydrogen-bond acceptors (Lipinski definition) is 10. The Balaban J connectivity index is 2.20. The van der Waals surface area contributed by atoms with Crippen molar-refractivity contribution >= 4 is 18.5 Å². The molecule has 0 bridgehead atoms. The molecule has 0 aromatic rings. The van der Waals surface area contributed by atoms with Crippen molar-refractivity contribution in [1.82, 2.24) is 0 Å². The number of rotatable bonds is 15. The summed E-state index contributed by atoms with van der Waals surface area (Å²) < 4.78 is 34.6. The van der Waals surface area contributed by atoms with Gasteiger partial charge >= 0.3 is 18.5 Å². The maximum absolute atomic E-state index is 13.1. The first-order chi connectivity index (χ1) is 21.0. The molecule has 0 aromatic heterocycles. The summed E-state index contributed by atoms with van der Waals surface area (Å²) in [6.07, 6.45) is 5.46. The molecule has 0 heterocycles. The molecular formula is C35H63NO9. The molecule has 2 fully saturated rings. The van der Waals surface area contributed by atoms with Gasteiger partial charge in [-0.15, -0.1) is 0 Å². The number of nitrogens with two attached hydrogens (primary N) is 1. The minimum atomic E-state index is -1.01. The fourth-order valence-electron chi connectivity index (χ4n) is 6.88. The van der Waals surface area contributed by atoms with Gasteiger partial charge in [-0.25, -0.2) is 14.4 Å². The lowest BCUT2D eigenvalue weighted by molar-refractivity contribution is -0.102. The first-order valence-corrected chi connectivity index (χ1v) is 17.4. The molecular weight excluding hydrogens is 578 g/mol. The van der Waals surface area contributed by atoms with E-state index in [4.69, 9.17) is 34.2 Å². The van der Waals surface area contributed by atoms with Crippen LogP contribution >= 0.6 is 0 Å². The van der Waals surface area contributed by atoms with Crippen molar-refractivity contribution < 1.29 is 42.8 Å². The quantitative estimate of drug-likeness (QED) is 0.105. The van der Waals surface area contributed by atoms with Crippen LogP contribution in [0.3, 0.4) is 0 Å². The number of carbonyl (C=O) groups excluding carboxylic acids is 3. The van der Waals surface area contributed by atoms with Crippen LogP contribution in [-0.2, 0) is 28.4 Å². The average Bonchev–Trinajstić information content (AvgIpc) is 3.45. The van der Waals surface area contributed by atoms with Gasteiger partial charge in [0.25, 0.3) is 0 Å². The molecule has 45 heavy (non-hydrogen) atoms. The lowest BCUT2D eigenvalue weighted by Crippen LogP contribution is -2.47. The minimum Gasteiger partial charge on any atom is -0.431 e. The van der Waals surface area contributed by atoms with Gasteiger partial charge in [0.1, 0.15) is 29.5 Å². The van der Waals surface area contributed by atoms with Crippen LogP contribution in [0, 0.1) is 29.6 Å². The first kappa shape index (κ1) is 39.0. The molecule has 10 heteroatoms. The third kappa shape index (κ3) is 12.5. The van der Waals surface area contributed by atoms with Crippen LogP contribution in [-0.4, -0.2) is 54.2 Å². The van der Waals surface area contributed by atoms with E-state index in [0.29, 0.717) is 6.42 Å². The summed E-state index contributed by atoms with van der Waals surface area (Å²) >= 11 is 0. The van der Waals surface area contributed by atoms with Crippen molar-refractivity contribution in [3.05, 3.63) is 0 Å². The van der Waals surface area contributed by atoms with Gasteiger partial charge in [0, 0.05) is 11.8 Å². The van der Waals surface area contributed by atoms with Crippen LogP contribution in [0.15, 0.2) is 0 Å². The van der Waals surface area contributed by atoms with Gasteiger partial charge in [0.05, 0.1) is 0 Å². The normalized spacial score (nSPS) is 21.9. The topological polar surface area (TPSA) is 133 Å². The Morgan fingerprint density at radius 3 is 1.84 bits per heavy atom. The molecule has 2 aliphatic carbocycles. The van der Waals surface area contributed by atoms with Crippen molar-refractivity contribution in [3.63, 3.8) is 0 Å². The van der Waals surface area contributed by atoms with Crippen molar-refractivity contribution in [3.8, 4) is 0 Å². The lowest BCUT2D eigenvalue weighted by Gasteiger charge is -2.40.